The van der Waals surface area contributed by atoms with E-state index in [0.717, 1.165) is 16.6 Å². The zero-order chi connectivity index (χ0) is 14.8. The van der Waals surface area contributed by atoms with Gasteiger partial charge in [0, 0.05) is 27.4 Å². The van der Waals surface area contributed by atoms with Crippen molar-refractivity contribution in [1.82, 2.24) is 0 Å². The SMILES string of the molecule is O=C1Nc2cccc(Br)c2C12COc1cc(F)c(F)cc12. The number of hydrogen-bond acceptors (Lipinski definition) is 2. The van der Waals surface area contributed by atoms with Crippen LogP contribution in [0.15, 0.2) is 34.8 Å². The molecule has 2 aliphatic heterocycles. The predicted octanol–water partition coefficient (Wildman–Crippen LogP) is 3.36. The summed E-state index contributed by atoms with van der Waals surface area (Å²) in [5, 5.41) is 2.78. The first kappa shape index (κ1) is 12.8. The zero-order valence-corrected chi connectivity index (χ0v) is 12.1. The fourth-order valence-electron chi connectivity index (χ4n) is 3.04. The second-order valence-electron chi connectivity index (χ2n) is 5.07. The van der Waals surface area contributed by atoms with Crippen LogP contribution in [0.1, 0.15) is 11.1 Å². The van der Waals surface area contributed by atoms with E-state index in [2.05, 4.69) is 21.2 Å². The molecule has 1 N–H and O–H groups in total. The van der Waals surface area contributed by atoms with E-state index in [-0.39, 0.29) is 18.3 Å². The summed E-state index contributed by atoms with van der Waals surface area (Å²) >= 11 is 3.43. The smallest absolute Gasteiger partial charge is 0.243 e. The molecule has 1 unspecified atom stereocenters. The third-order valence-electron chi connectivity index (χ3n) is 4.00. The highest BCUT2D eigenvalue weighted by Crippen LogP contribution is 2.52. The molecule has 2 heterocycles. The van der Waals surface area contributed by atoms with Gasteiger partial charge in [-0.25, -0.2) is 8.78 Å². The van der Waals surface area contributed by atoms with Crippen molar-refractivity contribution in [2.75, 3.05) is 11.9 Å². The standard InChI is InChI=1S/C15H8BrF2NO2/c16-8-2-1-3-11-13(8)15(14(20)19-11)6-21-12-5-10(18)9(17)4-7(12)15/h1-5H,6H2,(H,19,20). The van der Waals surface area contributed by atoms with Crippen LogP contribution < -0.4 is 10.1 Å². The van der Waals surface area contributed by atoms with Gasteiger partial charge in [0.1, 0.15) is 17.8 Å². The van der Waals surface area contributed by atoms with Crippen LogP contribution in [-0.4, -0.2) is 12.5 Å². The lowest BCUT2D eigenvalue weighted by Crippen LogP contribution is -2.37. The van der Waals surface area contributed by atoms with Crippen molar-refractivity contribution in [1.29, 1.82) is 0 Å². The lowest BCUT2D eigenvalue weighted by atomic mass is 9.77. The number of benzene rings is 2. The molecule has 106 valence electrons. The normalized spacial score (nSPS) is 22.0. The monoisotopic (exact) mass is 351 g/mol. The Bertz CT molecular complexity index is 809. The molecule has 0 saturated carbocycles. The summed E-state index contributed by atoms with van der Waals surface area (Å²) in [6.07, 6.45) is 0. The maximum Gasteiger partial charge on any atom is 0.243 e. The first-order chi connectivity index (χ1) is 10.0. The summed E-state index contributed by atoms with van der Waals surface area (Å²) in [4.78, 5) is 12.5. The molecule has 1 amide bonds. The zero-order valence-electron chi connectivity index (χ0n) is 10.5. The molecule has 0 fully saturated rings. The van der Waals surface area contributed by atoms with E-state index in [1.54, 1.807) is 18.2 Å². The summed E-state index contributed by atoms with van der Waals surface area (Å²) in [6.45, 7) is 0.0205. The highest BCUT2D eigenvalue weighted by molar-refractivity contribution is 9.10. The van der Waals surface area contributed by atoms with Crippen LogP contribution in [-0.2, 0) is 10.2 Å². The van der Waals surface area contributed by atoms with Crippen molar-refractivity contribution < 1.29 is 18.3 Å². The number of rotatable bonds is 0. The number of amides is 1. The minimum absolute atomic E-state index is 0.0205. The van der Waals surface area contributed by atoms with Crippen LogP contribution in [0.3, 0.4) is 0 Å². The quantitative estimate of drug-likeness (QED) is 0.790. The Morgan fingerprint density at radius 3 is 2.81 bits per heavy atom. The van der Waals surface area contributed by atoms with E-state index < -0.39 is 17.0 Å². The molecule has 3 nitrogen and oxygen atoms in total. The third kappa shape index (κ3) is 1.48. The molecule has 2 aromatic rings. The molecule has 2 aliphatic rings. The number of nitrogens with one attached hydrogen (secondary N) is 1. The number of ether oxygens (including phenoxy) is 1. The lowest BCUT2D eigenvalue weighted by Gasteiger charge is -2.21. The van der Waals surface area contributed by atoms with E-state index in [4.69, 9.17) is 4.74 Å². The molecule has 1 spiro atoms. The largest absolute Gasteiger partial charge is 0.491 e. The van der Waals surface area contributed by atoms with E-state index in [1.807, 2.05) is 0 Å². The van der Waals surface area contributed by atoms with Gasteiger partial charge in [-0.1, -0.05) is 22.0 Å². The highest BCUT2D eigenvalue weighted by atomic mass is 79.9. The summed E-state index contributed by atoms with van der Waals surface area (Å²) in [5.41, 5.74) is 0.555. The summed E-state index contributed by atoms with van der Waals surface area (Å²) < 4.78 is 33.2. The molecule has 2 aromatic carbocycles. The molecule has 6 heteroatoms. The fraction of sp³-hybridized carbons (Fsp3) is 0.133. The van der Waals surface area contributed by atoms with Gasteiger partial charge in [0.15, 0.2) is 11.6 Å². The number of fused-ring (bicyclic) bond motifs is 4. The summed E-state index contributed by atoms with van der Waals surface area (Å²) in [6, 6.07) is 7.40. The second kappa shape index (κ2) is 4.04. The molecule has 0 saturated heterocycles. The Kier molecular flexibility index (Phi) is 2.45. The molecule has 1 atom stereocenters. The Morgan fingerprint density at radius 2 is 2.00 bits per heavy atom. The fourth-order valence-corrected chi connectivity index (χ4v) is 3.75. The van der Waals surface area contributed by atoms with E-state index in [0.29, 0.717) is 16.8 Å². The van der Waals surface area contributed by atoms with Gasteiger partial charge < -0.3 is 10.1 Å². The van der Waals surface area contributed by atoms with Gasteiger partial charge in [0.25, 0.3) is 0 Å². The van der Waals surface area contributed by atoms with Gasteiger partial charge in [-0.3, -0.25) is 4.79 Å². The van der Waals surface area contributed by atoms with Crippen LogP contribution in [0.25, 0.3) is 0 Å². The maximum absolute atomic E-state index is 13.6. The van der Waals surface area contributed by atoms with Crippen molar-refractivity contribution >= 4 is 27.5 Å². The van der Waals surface area contributed by atoms with E-state index >= 15 is 0 Å². The van der Waals surface area contributed by atoms with Crippen LogP contribution in [0.2, 0.25) is 0 Å². The lowest BCUT2D eigenvalue weighted by molar-refractivity contribution is -0.119. The van der Waals surface area contributed by atoms with Crippen LogP contribution in [0.5, 0.6) is 5.75 Å². The molecule has 0 radical (unpaired) electrons. The minimum atomic E-state index is -1.14. The average molecular weight is 352 g/mol. The Hall–Kier alpha value is -1.95. The Balaban J connectivity index is 2.05. The summed E-state index contributed by atoms with van der Waals surface area (Å²) in [7, 11) is 0. The van der Waals surface area contributed by atoms with Gasteiger partial charge in [-0.2, -0.15) is 0 Å². The first-order valence-electron chi connectivity index (χ1n) is 6.27. The van der Waals surface area contributed by atoms with Crippen LogP contribution in [0, 0.1) is 11.6 Å². The maximum atomic E-state index is 13.6. The number of halogens is 3. The highest BCUT2D eigenvalue weighted by Gasteiger charge is 2.55. The molecule has 4 rings (SSSR count). The molecule has 0 bridgehead atoms. The molecule has 0 aromatic heterocycles. The van der Waals surface area contributed by atoms with Gasteiger partial charge in [-0.05, 0) is 18.2 Å². The van der Waals surface area contributed by atoms with Gasteiger partial charge >= 0.3 is 0 Å². The van der Waals surface area contributed by atoms with E-state index in [9.17, 15) is 13.6 Å². The first-order valence-corrected chi connectivity index (χ1v) is 7.06. The average Bonchev–Trinajstić information content (AvgIpc) is 2.93. The topological polar surface area (TPSA) is 38.3 Å². The van der Waals surface area contributed by atoms with Gasteiger partial charge in [0.2, 0.25) is 5.91 Å². The Labute approximate surface area is 127 Å². The number of carbonyl (C=O) groups excluding carboxylic acids is 1. The van der Waals surface area contributed by atoms with Crippen molar-refractivity contribution in [2.24, 2.45) is 0 Å². The van der Waals surface area contributed by atoms with Crippen molar-refractivity contribution in [3.05, 3.63) is 57.6 Å². The summed E-state index contributed by atoms with van der Waals surface area (Å²) in [5.74, 6) is -2.08. The van der Waals surface area contributed by atoms with E-state index in [1.165, 1.54) is 0 Å². The number of anilines is 1. The molecule has 21 heavy (non-hydrogen) atoms. The van der Waals surface area contributed by atoms with Crippen molar-refractivity contribution in [3.8, 4) is 5.75 Å². The number of carbonyl (C=O) groups is 1. The van der Waals surface area contributed by atoms with Gasteiger partial charge in [-0.15, -0.1) is 0 Å². The molecule has 0 aliphatic carbocycles. The predicted molar refractivity (Wildman–Crippen MR) is 75.4 cm³/mol. The van der Waals surface area contributed by atoms with Crippen molar-refractivity contribution in [2.45, 2.75) is 5.41 Å². The van der Waals surface area contributed by atoms with Crippen LogP contribution >= 0.6 is 15.9 Å². The third-order valence-corrected chi connectivity index (χ3v) is 4.66. The van der Waals surface area contributed by atoms with Gasteiger partial charge in [0.05, 0.1) is 0 Å². The van der Waals surface area contributed by atoms with Crippen LogP contribution in [0.4, 0.5) is 14.5 Å². The second-order valence-corrected chi connectivity index (χ2v) is 5.93. The molecular weight excluding hydrogens is 344 g/mol. The minimum Gasteiger partial charge on any atom is -0.491 e. The molecular formula is C15H8BrF2NO2. The van der Waals surface area contributed by atoms with Crippen molar-refractivity contribution in [3.63, 3.8) is 0 Å². The Morgan fingerprint density at radius 1 is 1.24 bits per heavy atom. The number of hydrogen-bond donors (Lipinski definition) is 1.